The second-order valence-corrected chi connectivity index (χ2v) is 11.8. The Morgan fingerprint density at radius 3 is 2.50 bits per heavy atom. The van der Waals surface area contributed by atoms with Crippen LogP contribution in [-0.2, 0) is 10.0 Å². The summed E-state index contributed by atoms with van der Waals surface area (Å²) < 4.78 is 27.6. The number of thiophene rings is 1. The van der Waals surface area contributed by atoms with Gasteiger partial charge in [0.2, 0.25) is 0 Å². The number of hydrogen-bond acceptors (Lipinski definition) is 5. The average molecular weight is 450 g/mol. The number of nitrogens with one attached hydrogen (secondary N) is 2. The van der Waals surface area contributed by atoms with Gasteiger partial charge in [-0.15, -0.1) is 11.3 Å². The van der Waals surface area contributed by atoms with E-state index in [0.29, 0.717) is 29.6 Å². The van der Waals surface area contributed by atoms with Crippen LogP contribution in [0.25, 0.3) is 0 Å². The first-order valence-corrected chi connectivity index (χ1v) is 12.6. The highest BCUT2D eigenvalue weighted by Gasteiger charge is 2.33. The minimum Gasteiger partial charge on any atom is -0.350 e. The lowest BCUT2D eigenvalue weighted by molar-refractivity contribution is 0.0445. The first-order chi connectivity index (χ1) is 14.1. The number of hydrogen-bond donors (Lipinski definition) is 2. The third-order valence-electron chi connectivity index (χ3n) is 5.54. The molecule has 1 amide bonds. The summed E-state index contributed by atoms with van der Waals surface area (Å²) in [6, 6.07) is 9.82. The molecular formula is C22H31N3O3S2. The number of amides is 1. The Morgan fingerprint density at radius 2 is 1.87 bits per heavy atom. The van der Waals surface area contributed by atoms with Crippen molar-refractivity contribution in [1.29, 1.82) is 0 Å². The van der Waals surface area contributed by atoms with Gasteiger partial charge >= 0.3 is 0 Å². The molecule has 0 spiro atoms. The van der Waals surface area contributed by atoms with Crippen LogP contribution < -0.4 is 10.0 Å². The van der Waals surface area contributed by atoms with Gasteiger partial charge in [0, 0.05) is 36.4 Å². The van der Waals surface area contributed by atoms with E-state index >= 15 is 0 Å². The fourth-order valence-corrected chi connectivity index (χ4v) is 6.06. The first kappa shape index (κ1) is 22.8. The third-order valence-corrected chi connectivity index (χ3v) is 8.32. The van der Waals surface area contributed by atoms with E-state index in [1.807, 2.05) is 0 Å². The van der Waals surface area contributed by atoms with Gasteiger partial charge in [-0.2, -0.15) is 0 Å². The smallest absolute Gasteiger partial charge is 0.271 e. The highest BCUT2D eigenvalue weighted by Crippen LogP contribution is 2.27. The zero-order valence-corrected chi connectivity index (χ0v) is 19.6. The van der Waals surface area contributed by atoms with Crippen LogP contribution in [0, 0.1) is 11.8 Å². The Labute approximate surface area is 183 Å². The molecule has 0 bridgehead atoms. The molecule has 2 heterocycles. The Balaban J connectivity index is 1.64. The molecule has 1 saturated heterocycles. The minimum atomic E-state index is -3.64. The van der Waals surface area contributed by atoms with E-state index in [0.717, 1.165) is 24.4 Å². The van der Waals surface area contributed by atoms with E-state index < -0.39 is 10.0 Å². The summed E-state index contributed by atoms with van der Waals surface area (Å²) in [6.45, 7) is 11.5. The van der Waals surface area contributed by atoms with Gasteiger partial charge in [-0.25, -0.2) is 8.42 Å². The number of benzene rings is 1. The van der Waals surface area contributed by atoms with Gasteiger partial charge in [0.25, 0.3) is 15.9 Å². The lowest BCUT2D eigenvalue weighted by atomic mass is 9.88. The molecule has 3 rings (SSSR count). The second kappa shape index (κ2) is 9.08. The van der Waals surface area contributed by atoms with Gasteiger partial charge < -0.3 is 5.32 Å². The molecule has 164 valence electrons. The van der Waals surface area contributed by atoms with Crippen LogP contribution in [0.3, 0.4) is 0 Å². The van der Waals surface area contributed by atoms with Crippen molar-refractivity contribution in [2.24, 2.45) is 11.8 Å². The van der Waals surface area contributed by atoms with E-state index in [2.05, 4.69) is 42.6 Å². The molecule has 1 fully saturated rings. The van der Waals surface area contributed by atoms with Crippen LogP contribution in [0.1, 0.15) is 44.5 Å². The zero-order valence-electron chi connectivity index (χ0n) is 18.0. The monoisotopic (exact) mass is 449 g/mol. The van der Waals surface area contributed by atoms with Gasteiger partial charge in [-0.05, 0) is 61.7 Å². The maximum absolute atomic E-state index is 12.7. The number of carbonyl (C=O) groups excluding carboxylic acids is 1. The quantitative estimate of drug-likeness (QED) is 0.669. The van der Waals surface area contributed by atoms with Gasteiger partial charge in [0.15, 0.2) is 0 Å². The fourth-order valence-electron chi connectivity index (χ4n) is 4.01. The molecule has 1 aliphatic heterocycles. The molecule has 2 atom stereocenters. The largest absolute Gasteiger partial charge is 0.350 e. The summed E-state index contributed by atoms with van der Waals surface area (Å²) in [5.74, 6) is 1.09. The highest BCUT2D eigenvalue weighted by atomic mass is 32.2. The van der Waals surface area contributed by atoms with Crippen molar-refractivity contribution in [2.75, 3.05) is 24.4 Å². The van der Waals surface area contributed by atoms with Crippen molar-refractivity contribution >= 4 is 33.0 Å². The number of carbonyl (C=O) groups is 1. The molecule has 1 aliphatic rings. The summed E-state index contributed by atoms with van der Waals surface area (Å²) in [5.41, 5.74) is 0.642. The van der Waals surface area contributed by atoms with Crippen LogP contribution >= 0.6 is 11.3 Å². The standard InChI is InChI=1S/C22H31N3O3S2/c1-16-11-17(2)14-25(13-16)22(3,4)15-23-21(26)18-7-5-8-19(12-18)24-30(27,28)20-9-6-10-29-20/h5-10,12,16-17,24H,11,13-15H2,1-4H3,(H,23,26). The molecule has 8 heteroatoms. The van der Waals surface area contributed by atoms with Crippen molar-refractivity contribution in [3.8, 4) is 0 Å². The van der Waals surface area contributed by atoms with Gasteiger partial charge in [-0.1, -0.05) is 26.0 Å². The summed E-state index contributed by atoms with van der Waals surface area (Å²) in [4.78, 5) is 15.2. The molecule has 2 N–H and O–H groups in total. The van der Waals surface area contributed by atoms with Crippen molar-refractivity contribution in [2.45, 2.75) is 43.9 Å². The molecule has 0 radical (unpaired) electrons. The lowest BCUT2D eigenvalue weighted by Crippen LogP contribution is -2.56. The van der Waals surface area contributed by atoms with E-state index in [1.165, 1.54) is 6.42 Å². The van der Waals surface area contributed by atoms with Crippen LogP contribution in [0.15, 0.2) is 46.0 Å². The lowest BCUT2D eigenvalue weighted by Gasteiger charge is -2.45. The van der Waals surface area contributed by atoms with E-state index in [4.69, 9.17) is 0 Å². The Hall–Kier alpha value is -1.90. The molecular weight excluding hydrogens is 418 g/mol. The van der Waals surface area contributed by atoms with Crippen LogP contribution in [-0.4, -0.2) is 44.4 Å². The van der Waals surface area contributed by atoms with E-state index in [-0.39, 0.29) is 15.7 Å². The van der Waals surface area contributed by atoms with Crippen LogP contribution in [0.2, 0.25) is 0 Å². The summed E-state index contributed by atoms with van der Waals surface area (Å²) in [6.07, 6.45) is 1.24. The number of likely N-dealkylation sites (tertiary alicyclic amines) is 1. The molecule has 1 aromatic heterocycles. The van der Waals surface area contributed by atoms with Crippen molar-refractivity contribution in [3.63, 3.8) is 0 Å². The molecule has 0 saturated carbocycles. The van der Waals surface area contributed by atoms with Crippen molar-refractivity contribution in [1.82, 2.24) is 10.2 Å². The molecule has 30 heavy (non-hydrogen) atoms. The summed E-state index contributed by atoms with van der Waals surface area (Å²) in [5, 5.41) is 4.74. The van der Waals surface area contributed by atoms with E-state index in [9.17, 15) is 13.2 Å². The summed E-state index contributed by atoms with van der Waals surface area (Å²) in [7, 11) is -3.64. The fraction of sp³-hybridized carbons (Fsp3) is 0.500. The molecule has 0 aliphatic carbocycles. The molecule has 2 aromatic rings. The van der Waals surface area contributed by atoms with Crippen LogP contribution in [0.4, 0.5) is 5.69 Å². The number of sulfonamides is 1. The first-order valence-electron chi connectivity index (χ1n) is 10.3. The zero-order chi connectivity index (χ0) is 21.9. The number of anilines is 1. The number of piperidine rings is 1. The number of nitrogens with zero attached hydrogens (tertiary/aromatic N) is 1. The van der Waals surface area contributed by atoms with Crippen LogP contribution in [0.5, 0.6) is 0 Å². The van der Waals surface area contributed by atoms with Crippen molar-refractivity contribution < 1.29 is 13.2 Å². The maximum Gasteiger partial charge on any atom is 0.271 e. The predicted molar refractivity (Wildman–Crippen MR) is 122 cm³/mol. The summed E-state index contributed by atoms with van der Waals surface area (Å²) >= 11 is 1.15. The normalized spacial score (nSPS) is 20.7. The highest BCUT2D eigenvalue weighted by molar-refractivity contribution is 7.94. The van der Waals surface area contributed by atoms with E-state index in [1.54, 1.807) is 41.8 Å². The van der Waals surface area contributed by atoms with Gasteiger partial charge in [0.05, 0.1) is 0 Å². The topological polar surface area (TPSA) is 78.5 Å². The Morgan fingerprint density at radius 1 is 1.17 bits per heavy atom. The van der Waals surface area contributed by atoms with Gasteiger partial charge in [0.1, 0.15) is 4.21 Å². The minimum absolute atomic E-state index is 0.156. The molecule has 2 unspecified atom stereocenters. The molecule has 1 aromatic carbocycles. The predicted octanol–water partition coefficient (Wildman–Crippen LogP) is 4.04. The van der Waals surface area contributed by atoms with Gasteiger partial charge in [-0.3, -0.25) is 14.4 Å². The Kier molecular flexibility index (Phi) is 6.89. The SMILES string of the molecule is CC1CC(C)CN(C(C)(C)CNC(=O)c2cccc(NS(=O)(=O)c3cccs3)c2)C1. The average Bonchev–Trinajstić information content (AvgIpc) is 3.21. The Bertz CT molecular complexity index is 961. The van der Waals surface area contributed by atoms with Crippen molar-refractivity contribution in [3.05, 3.63) is 47.3 Å². The molecule has 6 nitrogen and oxygen atoms in total. The second-order valence-electron chi connectivity index (χ2n) is 8.96. The maximum atomic E-state index is 12.7. The third kappa shape index (κ3) is 5.62. The number of rotatable bonds is 7.